The van der Waals surface area contributed by atoms with E-state index in [1.165, 1.54) is 22.8 Å². The third-order valence-electron chi connectivity index (χ3n) is 4.86. The lowest BCUT2D eigenvalue weighted by atomic mass is 10.0. The number of likely N-dealkylation sites (tertiary alicyclic amines) is 1. The summed E-state index contributed by atoms with van der Waals surface area (Å²) in [6, 6.07) is 2.39. The molecule has 2 saturated heterocycles. The molecule has 1 amide bonds. The van der Waals surface area contributed by atoms with Crippen molar-refractivity contribution in [3.8, 4) is 0 Å². The van der Waals surface area contributed by atoms with E-state index in [1.807, 2.05) is 0 Å². The quantitative estimate of drug-likeness (QED) is 0.744. The molecule has 0 saturated carbocycles. The number of halogens is 3. The number of piperazine rings is 1. The zero-order valence-electron chi connectivity index (χ0n) is 14.6. The van der Waals surface area contributed by atoms with Crippen molar-refractivity contribution in [2.45, 2.75) is 30.0 Å². The van der Waals surface area contributed by atoms with E-state index >= 15 is 0 Å². The van der Waals surface area contributed by atoms with Crippen molar-refractivity contribution in [2.75, 3.05) is 39.3 Å². The molecule has 1 aromatic rings. The van der Waals surface area contributed by atoms with E-state index in [2.05, 4.69) is 4.98 Å². The summed E-state index contributed by atoms with van der Waals surface area (Å²) in [4.78, 5) is 19.0. The number of pyridine rings is 1. The molecule has 0 unspecified atom stereocenters. The van der Waals surface area contributed by atoms with Gasteiger partial charge in [0.1, 0.15) is 11.4 Å². The normalized spacial score (nSPS) is 23.6. The first-order valence-corrected chi connectivity index (χ1v) is 10.1. The van der Waals surface area contributed by atoms with Gasteiger partial charge in [-0.25, -0.2) is 8.42 Å². The molecule has 3 heterocycles. The van der Waals surface area contributed by atoms with Crippen LogP contribution in [0.1, 0.15) is 12.8 Å². The lowest BCUT2D eigenvalue weighted by Gasteiger charge is -2.42. The van der Waals surface area contributed by atoms with Crippen LogP contribution in [-0.4, -0.2) is 84.9 Å². The number of hydrogen-bond acceptors (Lipinski definition) is 5. The Balaban J connectivity index is 1.63. The van der Waals surface area contributed by atoms with Crippen LogP contribution in [0.25, 0.3) is 0 Å². The minimum absolute atomic E-state index is 0.101. The van der Waals surface area contributed by atoms with Crippen LogP contribution in [-0.2, 0) is 14.8 Å². The molecular weight excluding hydrogens is 385 g/mol. The highest BCUT2D eigenvalue weighted by Crippen LogP contribution is 2.24. The Morgan fingerprint density at radius 2 is 1.85 bits per heavy atom. The van der Waals surface area contributed by atoms with E-state index < -0.39 is 34.7 Å². The minimum Gasteiger partial charge on any atom is -0.332 e. The predicted octanol–water partition coefficient (Wildman–Crippen LogP) is 0.941. The summed E-state index contributed by atoms with van der Waals surface area (Å²) in [5.74, 6) is -0.526. The molecule has 1 atom stereocenters. The zero-order valence-corrected chi connectivity index (χ0v) is 15.4. The minimum atomic E-state index is -4.42. The van der Waals surface area contributed by atoms with Crippen molar-refractivity contribution in [3.05, 3.63) is 24.5 Å². The topological polar surface area (TPSA) is 73.8 Å². The first-order chi connectivity index (χ1) is 12.7. The Hall–Kier alpha value is -1.72. The van der Waals surface area contributed by atoms with Gasteiger partial charge in [0.05, 0.1) is 6.04 Å². The zero-order chi connectivity index (χ0) is 19.7. The lowest BCUT2D eigenvalue weighted by Crippen LogP contribution is -2.59. The SMILES string of the molecule is O=C1[C@H](N2CCN(S(=O)(=O)c3cccnc3)CC2)CCCN1CC(F)(F)F. The van der Waals surface area contributed by atoms with Crippen molar-refractivity contribution < 1.29 is 26.4 Å². The molecule has 0 aliphatic carbocycles. The van der Waals surface area contributed by atoms with Crippen molar-refractivity contribution in [2.24, 2.45) is 0 Å². The van der Waals surface area contributed by atoms with Gasteiger partial charge in [0.2, 0.25) is 15.9 Å². The van der Waals surface area contributed by atoms with E-state index in [1.54, 1.807) is 11.0 Å². The van der Waals surface area contributed by atoms with E-state index in [9.17, 15) is 26.4 Å². The van der Waals surface area contributed by atoms with Gasteiger partial charge in [-0.15, -0.1) is 0 Å². The highest BCUT2D eigenvalue weighted by Gasteiger charge is 2.40. The van der Waals surface area contributed by atoms with Crippen LogP contribution in [0.15, 0.2) is 29.4 Å². The number of amides is 1. The van der Waals surface area contributed by atoms with Gasteiger partial charge < -0.3 is 4.90 Å². The fourth-order valence-electron chi connectivity index (χ4n) is 3.54. The van der Waals surface area contributed by atoms with E-state index in [0.717, 1.165) is 4.90 Å². The molecule has 27 heavy (non-hydrogen) atoms. The predicted molar refractivity (Wildman–Crippen MR) is 90.2 cm³/mol. The number of hydrogen-bond donors (Lipinski definition) is 0. The molecular formula is C16H21F3N4O3S. The third kappa shape index (κ3) is 4.58. The lowest BCUT2D eigenvalue weighted by molar-refractivity contribution is -0.168. The Morgan fingerprint density at radius 1 is 1.15 bits per heavy atom. The van der Waals surface area contributed by atoms with Crippen LogP contribution in [0.5, 0.6) is 0 Å². The summed E-state index contributed by atoms with van der Waals surface area (Å²) in [7, 11) is -3.66. The van der Waals surface area contributed by atoms with Crippen LogP contribution in [0.3, 0.4) is 0 Å². The van der Waals surface area contributed by atoms with Crippen LogP contribution in [0.2, 0.25) is 0 Å². The second kappa shape index (κ2) is 7.72. The Kier molecular flexibility index (Phi) is 5.73. The van der Waals surface area contributed by atoms with Gasteiger partial charge in [0.15, 0.2) is 0 Å². The monoisotopic (exact) mass is 406 g/mol. The Morgan fingerprint density at radius 3 is 2.44 bits per heavy atom. The Bertz CT molecular complexity index is 765. The summed E-state index contributed by atoms with van der Waals surface area (Å²) in [6.45, 7) is -0.173. The van der Waals surface area contributed by atoms with Gasteiger partial charge in [-0.3, -0.25) is 14.7 Å². The van der Waals surface area contributed by atoms with Crippen LogP contribution < -0.4 is 0 Å². The molecule has 1 aromatic heterocycles. The highest BCUT2D eigenvalue weighted by molar-refractivity contribution is 7.89. The second-order valence-electron chi connectivity index (χ2n) is 6.66. The van der Waals surface area contributed by atoms with E-state index in [0.29, 0.717) is 25.9 Å². The maximum absolute atomic E-state index is 12.6. The molecule has 7 nitrogen and oxygen atoms in total. The van der Waals surface area contributed by atoms with Gasteiger partial charge in [-0.1, -0.05) is 0 Å². The molecule has 0 radical (unpaired) electrons. The third-order valence-corrected chi connectivity index (χ3v) is 6.74. The number of alkyl halides is 3. The van der Waals surface area contributed by atoms with Crippen molar-refractivity contribution in [1.82, 2.24) is 19.1 Å². The first kappa shape index (κ1) is 20.0. The van der Waals surface area contributed by atoms with E-state index in [4.69, 9.17) is 0 Å². The summed E-state index contributed by atoms with van der Waals surface area (Å²) >= 11 is 0. The summed E-state index contributed by atoms with van der Waals surface area (Å²) in [5.41, 5.74) is 0. The molecule has 0 aromatic carbocycles. The first-order valence-electron chi connectivity index (χ1n) is 8.68. The maximum Gasteiger partial charge on any atom is 0.406 e. The standard InChI is InChI=1S/C16H21F3N4O3S/c17-16(18,19)12-22-6-2-4-14(15(22)24)21-7-9-23(10-8-21)27(25,26)13-3-1-5-20-11-13/h1,3,5,11,14H,2,4,6-10,12H2/t14-/m1/s1. The molecule has 0 spiro atoms. The van der Waals surface area contributed by atoms with Crippen LogP contribution >= 0.6 is 0 Å². The molecule has 3 rings (SSSR count). The summed E-state index contributed by atoms with van der Waals surface area (Å²) in [6.07, 6.45) is -0.670. The van der Waals surface area contributed by atoms with Crippen LogP contribution in [0, 0.1) is 0 Å². The van der Waals surface area contributed by atoms with Gasteiger partial charge in [-0.05, 0) is 25.0 Å². The highest BCUT2D eigenvalue weighted by atomic mass is 32.2. The van der Waals surface area contributed by atoms with Crippen LogP contribution in [0.4, 0.5) is 13.2 Å². The van der Waals surface area contributed by atoms with Gasteiger partial charge in [0.25, 0.3) is 0 Å². The average Bonchev–Trinajstić information content (AvgIpc) is 2.63. The van der Waals surface area contributed by atoms with Gasteiger partial charge in [-0.2, -0.15) is 17.5 Å². The molecule has 2 fully saturated rings. The number of carbonyl (C=O) groups excluding carboxylic acids is 1. The van der Waals surface area contributed by atoms with Gasteiger partial charge in [0, 0.05) is 45.1 Å². The maximum atomic E-state index is 12.6. The van der Waals surface area contributed by atoms with Gasteiger partial charge >= 0.3 is 6.18 Å². The second-order valence-corrected chi connectivity index (χ2v) is 8.60. The fraction of sp³-hybridized carbons (Fsp3) is 0.625. The van der Waals surface area contributed by atoms with Crippen molar-refractivity contribution >= 4 is 15.9 Å². The summed E-state index contributed by atoms with van der Waals surface area (Å²) in [5, 5.41) is 0. The molecule has 11 heteroatoms. The van der Waals surface area contributed by atoms with E-state index in [-0.39, 0.29) is 24.5 Å². The molecule has 150 valence electrons. The largest absolute Gasteiger partial charge is 0.406 e. The fourth-order valence-corrected chi connectivity index (χ4v) is 4.92. The number of sulfonamides is 1. The molecule has 2 aliphatic heterocycles. The smallest absolute Gasteiger partial charge is 0.332 e. The Labute approximate surface area is 155 Å². The summed E-state index contributed by atoms with van der Waals surface area (Å²) < 4.78 is 64.5. The van der Waals surface area contributed by atoms with Crippen molar-refractivity contribution in [1.29, 1.82) is 0 Å². The molecule has 0 bridgehead atoms. The number of rotatable bonds is 4. The average molecular weight is 406 g/mol. The number of carbonyl (C=O) groups is 1. The molecule has 2 aliphatic rings. The number of aromatic nitrogens is 1. The molecule has 0 N–H and O–H groups in total. The van der Waals surface area contributed by atoms with Crippen molar-refractivity contribution in [3.63, 3.8) is 0 Å². The number of piperidine rings is 1. The number of nitrogens with zero attached hydrogens (tertiary/aromatic N) is 4.